The molecule has 0 fully saturated rings. The average Bonchev–Trinajstić information content (AvgIpc) is 2.00. The fourth-order valence-corrected chi connectivity index (χ4v) is 1.40. The molecule has 0 saturated heterocycles. The Morgan fingerprint density at radius 2 is 2.00 bits per heavy atom. The highest BCUT2D eigenvalue weighted by atomic mass is 19.4. The zero-order chi connectivity index (χ0) is 12.1. The topological polar surface area (TPSA) is 63.3 Å². The zero-order valence-corrected chi connectivity index (χ0v) is 8.55. The van der Waals surface area contributed by atoms with Crippen LogP contribution >= 0.6 is 0 Å². The molecule has 0 aromatic rings. The van der Waals surface area contributed by atoms with Gasteiger partial charge in [-0.25, -0.2) is 0 Å². The Morgan fingerprint density at radius 1 is 1.47 bits per heavy atom. The molecule has 15 heavy (non-hydrogen) atoms. The van der Waals surface area contributed by atoms with Crippen LogP contribution in [0.5, 0.6) is 0 Å². The molecule has 0 heterocycles. The third-order valence-corrected chi connectivity index (χ3v) is 2.13. The Labute approximate surface area is 86.5 Å². The highest BCUT2D eigenvalue weighted by Crippen LogP contribution is 2.32. The van der Waals surface area contributed by atoms with Crippen LogP contribution in [-0.4, -0.2) is 23.3 Å². The molecule has 2 atom stereocenters. The Morgan fingerprint density at radius 3 is 2.33 bits per heavy atom. The van der Waals surface area contributed by atoms with E-state index in [4.69, 9.17) is 10.8 Å². The van der Waals surface area contributed by atoms with Gasteiger partial charge in [-0.15, -0.1) is 0 Å². The van der Waals surface area contributed by atoms with Crippen LogP contribution in [0.15, 0.2) is 0 Å². The predicted octanol–water partition coefficient (Wildman–Crippen LogP) is 2.16. The highest BCUT2D eigenvalue weighted by molar-refractivity contribution is 5.67. The van der Waals surface area contributed by atoms with Crippen molar-refractivity contribution in [1.29, 1.82) is 0 Å². The molecule has 0 aliphatic rings. The van der Waals surface area contributed by atoms with Crippen molar-refractivity contribution in [2.24, 2.45) is 11.7 Å². The van der Waals surface area contributed by atoms with E-state index in [0.29, 0.717) is 12.8 Å². The predicted molar refractivity (Wildman–Crippen MR) is 49.3 cm³/mol. The van der Waals surface area contributed by atoms with Crippen LogP contribution < -0.4 is 5.73 Å². The van der Waals surface area contributed by atoms with E-state index in [9.17, 15) is 18.0 Å². The van der Waals surface area contributed by atoms with Gasteiger partial charge in [0.1, 0.15) is 0 Å². The van der Waals surface area contributed by atoms with Gasteiger partial charge in [-0.3, -0.25) is 4.79 Å². The van der Waals surface area contributed by atoms with E-state index in [0.717, 1.165) is 0 Å². The number of aliphatic carboxylic acids is 1. The minimum Gasteiger partial charge on any atom is -0.481 e. The molecule has 0 aromatic heterocycles. The second-order valence-electron chi connectivity index (χ2n) is 3.62. The summed E-state index contributed by atoms with van der Waals surface area (Å²) in [6, 6.07) is -0.582. The quantitative estimate of drug-likeness (QED) is 0.730. The molecule has 90 valence electrons. The molecular weight excluding hydrogens is 211 g/mol. The molecule has 0 amide bonds. The number of halogens is 3. The minimum atomic E-state index is -4.48. The number of hydrogen-bond donors (Lipinski definition) is 2. The van der Waals surface area contributed by atoms with Gasteiger partial charge in [0.15, 0.2) is 0 Å². The summed E-state index contributed by atoms with van der Waals surface area (Å²) < 4.78 is 37.1. The third-order valence-electron chi connectivity index (χ3n) is 2.13. The van der Waals surface area contributed by atoms with Gasteiger partial charge in [-0.1, -0.05) is 13.3 Å². The summed E-state index contributed by atoms with van der Waals surface area (Å²) in [4.78, 5) is 10.3. The van der Waals surface area contributed by atoms with Gasteiger partial charge in [-0.05, 0) is 12.8 Å². The number of carboxylic acids is 1. The second-order valence-corrected chi connectivity index (χ2v) is 3.62. The largest absolute Gasteiger partial charge is 0.481 e. The fourth-order valence-electron chi connectivity index (χ4n) is 1.40. The zero-order valence-electron chi connectivity index (χ0n) is 8.55. The molecule has 3 nitrogen and oxygen atoms in total. The van der Waals surface area contributed by atoms with Crippen molar-refractivity contribution in [3.8, 4) is 0 Å². The van der Waals surface area contributed by atoms with Crippen LogP contribution in [0.4, 0.5) is 13.2 Å². The number of rotatable bonds is 6. The van der Waals surface area contributed by atoms with Crippen LogP contribution in [-0.2, 0) is 4.79 Å². The first kappa shape index (κ1) is 14.2. The molecule has 0 aliphatic heterocycles. The van der Waals surface area contributed by atoms with Crippen molar-refractivity contribution in [1.82, 2.24) is 0 Å². The van der Waals surface area contributed by atoms with E-state index >= 15 is 0 Å². The van der Waals surface area contributed by atoms with E-state index in [1.807, 2.05) is 6.92 Å². The van der Waals surface area contributed by atoms with Crippen molar-refractivity contribution in [2.45, 2.75) is 44.8 Å². The Kier molecular flexibility index (Phi) is 5.64. The van der Waals surface area contributed by atoms with Crippen molar-refractivity contribution < 1.29 is 23.1 Å². The maximum Gasteiger partial charge on any atom is 0.392 e. The molecule has 0 bridgehead atoms. The lowest BCUT2D eigenvalue weighted by atomic mass is 9.94. The summed E-state index contributed by atoms with van der Waals surface area (Å²) in [6.07, 6.45) is -4.53. The molecule has 2 unspecified atom stereocenters. The normalized spacial score (nSPS) is 16.1. The monoisotopic (exact) mass is 227 g/mol. The van der Waals surface area contributed by atoms with Gasteiger partial charge >= 0.3 is 12.1 Å². The van der Waals surface area contributed by atoms with Gasteiger partial charge in [0.25, 0.3) is 0 Å². The van der Waals surface area contributed by atoms with Crippen LogP contribution in [0.3, 0.4) is 0 Å². The Bertz CT molecular complexity index is 206. The lowest BCUT2D eigenvalue weighted by Crippen LogP contribution is -2.32. The molecule has 0 radical (unpaired) electrons. The molecule has 0 spiro atoms. The standard InChI is InChI=1S/C9H16F3NO2/c1-2-3-7(13)4-6(5-8(14)15)9(10,11)12/h6-7H,2-5,13H2,1H3,(H,14,15). The first-order valence-corrected chi connectivity index (χ1v) is 4.81. The van der Waals surface area contributed by atoms with Gasteiger partial charge in [0, 0.05) is 6.04 Å². The second kappa shape index (κ2) is 5.95. The van der Waals surface area contributed by atoms with Crippen LogP contribution in [0.1, 0.15) is 32.6 Å². The maximum absolute atomic E-state index is 12.4. The maximum atomic E-state index is 12.4. The van der Waals surface area contributed by atoms with Crippen molar-refractivity contribution in [2.75, 3.05) is 0 Å². The summed E-state index contributed by atoms with van der Waals surface area (Å²) in [5, 5.41) is 8.35. The summed E-state index contributed by atoms with van der Waals surface area (Å²) in [7, 11) is 0. The van der Waals surface area contributed by atoms with Gasteiger partial charge in [0.05, 0.1) is 12.3 Å². The van der Waals surface area contributed by atoms with Gasteiger partial charge in [0.2, 0.25) is 0 Å². The number of carboxylic acid groups (broad SMARTS) is 1. The van der Waals surface area contributed by atoms with E-state index in [1.165, 1.54) is 0 Å². The summed E-state index contributed by atoms with van der Waals surface area (Å²) in [5.41, 5.74) is 5.46. The molecule has 0 aromatic carbocycles. The average molecular weight is 227 g/mol. The van der Waals surface area contributed by atoms with E-state index in [2.05, 4.69) is 0 Å². The van der Waals surface area contributed by atoms with Gasteiger partial charge in [-0.2, -0.15) is 13.2 Å². The van der Waals surface area contributed by atoms with E-state index < -0.39 is 30.5 Å². The molecule has 6 heteroatoms. The molecule has 0 rings (SSSR count). The molecule has 3 N–H and O–H groups in total. The van der Waals surface area contributed by atoms with Crippen LogP contribution in [0.2, 0.25) is 0 Å². The lowest BCUT2D eigenvalue weighted by Gasteiger charge is -2.21. The van der Waals surface area contributed by atoms with Crippen molar-refractivity contribution >= 4 is 5.97 Å². The van der Waals surface area contributed by atoms with Crippen LogP contribution in [0.25, 0.3) is 0 Å². The van der Waals surface area contributed by atoms with Gasteiger partial charge < -0.3 is 10.8 Å². The van der Waals surface area contributed by atoms with E-state index in [1.54, 1.807) is 0 Å². The first-order chi connectivity index (χ1) is 6.77. The molecular formula is C9H16F3NO2. The van der Waals surface area contributed by atoms with Crippen LogP contribution in [0, 0.1) is 5.92 Å². The minimum absolute atomic E-state index is 0.316. The number of alkyl halides is 3. The number of carbonyl (C=O) groups is 1. The SMILES string of the molecule is CCCC(N)CC(CC(=O)O)C(F)(F)F. The Hall–Kier alpha value is -0.780. The van der Waals surface area contributed by atoms with Crippen molar-refractivity contribution in [3.05, 3.63) is 0 Å². The number of nitrogens with two attached hydrogens (primary N) is 1. The first-order valence-electron chi connectivity index (χ1n) is 4.81. The fraction of sp³-hybridized carbons (Fsp3) is 0.889. The molecule has 0 aliphatic carbocycles. The van der Waals surface area contributed by atoms with Crippen molar-refractivity contribution in [3.63, 3.8) is 0 Å². The summed E-state index contributed by atoms with van der Waals surface area (Å²) in [6.45, 7) is 1.82. The lowest BCUT2D eigenvalue weighted by molar-refractivity contribution is -0.185. The summed E-state index contributed by atoms with van der Waals surface area (Å²) >= 11 is 0. The molecule has 0 saturated carbocycles. The third kappa shape index (κ3) is 6.33. The summed E-state index contributed by atoms with van der Waals surface area (Å²) in [5.74, 6) is -3.28. The number of hydrogen-bond acceptors (Lipinski definition) is 2. The highest BCUT2D eigenvalue weighted by Gasteiger charge is 2.41. The van der Waals surface area contributed by atoms with E-state index in [-0.39, 0.29) is 6.42 Å². The smallest absolute Gasteiger partial charge is 0.392 e. The Balaban J connectivity index is 4.31.